The largest absolute Gasteiger partial charge is 0.326 e. The number of hydrogen-bond donors (Lipinski definition) is 1. The minimum atomic E-state index is -0.274. The first kappa shape index (κ1) is 17.1. The van der Waals surface area contributed by atoms with Crippen LogP contribution in [0.3, 0.4) is 0 Å². The molecule has 1 aliphatic heterocycles. The summed E-state index contributed by atoms with van der Waals surface area (Å²) >= 11 is 0. The number of carbonyl (C=O) groups excluding carboxylic acids is 4. The van der Waals surface area contributed by atoms with Gasteiger partial charge in [0.2, 0.25) is 17.7 Å². The molecule has 0 unspecified atom stereocenters. The van der Waals surface area contributed by atoms with Gasteiger partial charge in [-0.25, -0.2) is 0 Å². The molecule has 1 fully saturated rings. The molecular formula is C19H20N2O4. The first-order chi connectivity index (χ1) is 12.0. The lowest BCUT2D eigenvalue weighted by Gasteiger charge is -2.14. The van der Waals surface area contributed by atoms with Gasteiger partial charge in [0.1, 0.15) is 0 Å². The van der Waals surface area contributed by atoms with Crippen LogP contribution in [0.4, 0.5) is 5.69 Å². The molecule has 0 spiro atoms. The number of allylic oxidation sites excluding steroid dienone is 2. The van der Waals surface area contributed by atoms with Gasteiger partial charge in [0.15, 0.2) is 5.78 Å². The zero-order valence-electron chi connectivity index (χ0n) is 14.0. The van der Waals surface area contributed by atoms with Crippen molar-refractivity contribution in [3.8, 4) is 0 Å². The number of anilines is 1. The van der Waals surface area contributed by atoms with Crippen LogP contribution in [-0.2, 0) is 14.4 Å². The molecule has 0 aromatic heterocycles. The number of imide groups is 1. The highest BCUT2D eigenvalue weighted by atomic mass is 16.2. The number of likely N-dealkylation sites (tertiary alicyclic amines) is 1. The average Bonchev–Trinajstić information content (AvgIpc) is 2.85. The van der Waals surface area contributed by atoms with Gasteiger partial charge in [0.05, 0.1) is 11.8 Å². The Balaban J connectivity index is 1.55. The van der Waals surface area contributed by atoms with E-state index < -0.39 is 0 Å². The lowest BCUT2D eigenvalue weighted by molar-refractivity contribution is -0.140. The molecule has 2 aliphatic rings. The topological polar surface area (TPSA) is 83.6 Å². The number of nitrogens with one attached hydrogen (secondary N) is 1. The lowest BCUT2D eigenvalue weighted by Crippen LogP contribution is -2.34. The molecule has 1 aromatic rings. The van der Waals surface area contributed by atoms with E-state index in [0.717, 1.165) is 0 Å². The number of ketones is 1. The summed E-state index contributed by atoms with van der Waals surface area (Å²) in [5.41, 5.74) is 1.15. The number of carbonyl (C=O) groups is 4. The van der Waals surface area contributed by atoms with E-state index in [-0.39, 0.29) is 48.3 Å². The molecule has 2 atom stereocenters. The number of amides is 3. The summed E-state index contributed by atoms with van der Waals surface area (Å²) in [5.74, 6) is -1.18. The average molecular weight is 340 g/mol. The number of Topliss-reactive ketones (excluding diaryl/α,β-unsaturated/α-hetero) is 1. The van der Waals surface area contributed by atoms with Crippen molar-refractivity contribution in [3.05, 3.63) is 42.0 Å². The minimum Gasteiger partial charge on any atom is -0.326 e. The van der Waals surface area contributed by atoms with Gasteiger partial charge in [0, 0.05) is 24.2 Å². The van der Waals surface area contributed by atoms with Gasteiger partial charge >= 0.3 is 0 Å². The van der Waals surface area contributed by atoms with Gasteiger partial charge < -0.3 is 5.32 Å². The molecule has 6 nitrogen and oxygen atoms in total. The Bertz CT molecular complexity index is 725. The van der Waals surface area contributed by atoms with Crippen LogP contribution in [-0.4, -0.2) is 34.9 Å². The maximum Gasteiger partial charge on any atom is 0.233 e. The van der Waals surface area contributed by atoms with Crippen LogP contribution in [0.5, 0.6) is 0 Å². The van der Waals surface area contributed by atoms with Crippen LogP contribution < -0.4 is 5.32 Å². The number of rotatable bonds is 5. The van der Waals surface area contributed by atoms with E-state index in [9.17, 15) is 19.2 Å². The Hall–Kier alpha value is -2.76. The van der Waals surface area contributed by atoms with E-state index in [0.29, 0.717) is 24.1 Å². The maximum atomic E-state index is 12.3. The Morgan fingerprint density at radius 3 is 2.12 bits per heavy atom. The summed E-state index contributed by atoms with van der Waals surface area (Å²) in [5, 5.41) is 2.71. The number of benzene rings is 1. The summed E-state index contributed by atoms with van der Waals surface area (Å²) in [7, 11) is 0. The Labute approximate surface area is 145 Å². The van der Waals surface area contributed by atoms with E-state index >= 15 is 0 Å². The van der Waals surface area contributed by atoms with E-state index in [1.54, 1.807) is 24.3 Å². The van der Waals surface area contributed by atoms with E-state index in [2.05, 4.69) is 5.32 Å². The van der Waals surface area contributed by atoms with Crippen molar-refractivity contribution in [2.45, 2.75) is 26.2 Å². The van der Waals surface area contributed by atoms with E-state index in [1.165, 1.54) is 11.8 Å². The fraction of sp³-hybridized carbons (Fsp3) is 0.368. The summed E-state index contributed by atoms with van der Waals surface area (Å²) in [6.45, 7) is 1.58. The molecule has 25 heavy (non-hydrogen) atoms. The molecule has 3 rings (SSSR count). The molecule has 1 aromatic carbocycles. The van der Waals surface area contributed by atoms with Crippen LogP contribution >= 0.6 is 0 Å². The van der Waals surface area contributed by atoms with Crippen LogP contribution in [0.25, 0.3) is 0 Å². The highest BCUT2D eigenvalue weighted by Gasteiger charge is 2.46. The van der Waals surface area contributed by atoms with Crippen LogP contribution in [0.1, 0.15) is 36.5 Å². The zero-order chi connectivity index (χ0) is 18.0. The third-order valence-electron chi connectivity index (χ3n) is 4.74. The summed E-state index contributed by atoms with van der Waals surface area (Å²) < 4.78 is 0. The van der Waals surface area contributed by atoms with Gasteiger partial charge in [-0.1, -0.05) is 12.2 Å². The predicted octanol–water partition coefficient (Wildman–Crippen LogP) is 2.17. The third kappa shape index (κ3) is 3.52. The van der Waals surface area contributed by atoms with Crippen molar-refractivity contribution in [3.63, 3.8) is 0 Å². The van der Waals surface area contributed by atoms with Gasteiger partial charge in [-0.2, -0.15) is 0 Å². The molecule has 0 saturated carbocycles. The molecule has 3 amide bonds. The van der Waals surface area contributed by atoms with Crippen molar-refractivity contribution in [2.24, 2.45) is 11.8 Å². The first-order valence-corrected chi connectivity index (χ1v) is 8.38. The molecule has 0 bridgehead atoms. The summed E-state index contributed by atoms with van der Waals surface area (Å²) in [4.78, 5) is 49.2. The predicted molar refractivity (Wildman–Crippen MR) is 91.8 cm³/mol. The molecular weight excluding hydrogens is 320 g/mol. The van der Waals surface area contributed by atoms with Gasteiger partial charge in [0.25, 0.3) is 0 Å². The van der Waals surface area contributed by atoms with Crippen LogP contribution in [0, 0.1) is 11.8 Å². The highest BCUT2D eigenvalue weighted by Crippen LogP contribution is 2.35. The Morgan fingerprint density at radius 1 is 1.04 bits per heavy atom. The molecule has 1 N–H and O–H groups in total. The second-order valence-electron chi connectivity index (χ2n) is 6.42. The van der Waals surface area contributed by atoms with Gasteiger partial charge in [-0.3, -0.25) is 24.1 Å². The molecule has 0 radical (unpaired) electrons. The lowest BCUT2D eigenvalue weighted by atomic mass is 9.85. The smallest absolute Gasteiger partial charge is 0.233 e. The standard InChI is InChI=1S/C19H20N2O4/c1-12(22)13-6-8-14(9-7-13)20-17(23)10-11-21-18(24)15-4-2-3-5-16(15)19(21)25/h2-3,6-9,15-16H,4-5,10-11H2,1H3,(H,20,23)/t15-,16-/m0/s1. The monoisotopic (exact) mass is 340 g/mol. The SMILES string of the molecule is CC(=O)c1ccc(NC(=O)CCN2C(=O)[C@H]3CC=CC[C@@H]3C2=O)cc1. The summed E-state index contributed by atoms with van der Waals surface area (Å²) in [6.07, 6.45) is 5.13. The van der Waals surface area contributed by atoms with Gasteiger partial charge in [-0.15, -0.1) is 0 Å². The fourth-order valence-electron chi connectivity index (χ4n) is 3.31. The van der Waals surface area contributed by atoms with E-state index in [4.69, 9.17) is 0 Å². The second kappa shape index (κ2) is 7.01. The Kier molecular flexibility index (Phi) is 4.79. The van der Waals surface area contributed by atoms with Gasteiger partial charge in [-0.05, 0) is 44.0 Å². The third-order valence-corrected chi connectivity index (χ3v) is 4.74. The van der Waals surface area contributed by atoms with Crippen molar-refractivity contribution in [2.75, 3.05) is 11.9 Å². The van der Waals surface area contributed by atoms with Crippen LogP contribution in [0.15, 0.2) is 36.4 Å². The minimum absolute atomic E-state index is 0.0418. The quantitative estimate of drug-likeness (QED) is 0.506. The summed E-state index contributed by atoms with van der Waals surface area (Å²) in [6, 6.07) is 6.59. The Morgan fingerprint density at radius 2 is 1.60 bits per heavy atom. The number of fused-ring (bicyclic) bond motifs is 1. The zero-order valence-corrected chi connectivity index (χ0v) is 14.0. The molecule has 1 saturated heterocycles. The molecule has 6 heteroatoms. The van der Waals surface area contributed by atoms with Crippen LogP contribution in [0.2, 0.25) is 0 Å². The van der Waals surface area contributed by atoms with Crippen molar-refractivity contribution >= 4 is 29.2 Å². The maximum absolute atomic E-state index is 12.3. The molecule has 130 valence electrons. The second-order valence-corrected chi connectivity index (χ2v) is 6.42. The molecule has 1 aliphatic carbocycles. The van der Waals surface area contributed by atoms with Crippen molar-refractivity contribution in [1.82, 2.24) is 4.90 Å². The highest BCUT2D eigenvalue weighted by molar-refractivity contribution is 6.06. The molecule has 1 heterocycles. The first-order valence-electron chi connectivity index (χ1n) is 8.38. The number of hydrogen-bond acceptors (Lipinski definition) is 4. The van der Waals surface area contributed by atoms with E-state index in [1.807, 2.05) is 12.2 Å². The fourth-order valence-corrected chi connectivity index (χ4v) is 3.31. The van der Waals surface area contributed by atoms with Crippen molar-refractivity contribution in [1.29, 1.82) is 0 Å². The van der Waals surface area contributed by atoms with Crippen molar-refractivity contribution < 1.29 is 19.2 Å². The normalized spacial score (nSPS) is 22.0. The number of nitrogens with zero attached hydrogens (tertiary/aromatic N) is 1.